The molecule has 0 fully saturated rings. The summed E-state index contributed by atoms with van der Waals surface area (Å²) in [7, 11) is 0. The molecule has 52 valence electrons. The van der Waals surface area contributed by atoms with Gasteiger partial charge in [0.2, 0.25) is 0 Å². The van der Waals surface area contributed by atoms with Crippen LogP contribution in [0.5, 0.6) is 0 Å². The quantitative estimate of drug-likeness (QED) is 0.665. The van der Waals surface area contributed by atoms with Crippen LogP contribution in [0.25, 0.3) is 6.08 Å². The predicted octanol–water partition coefficient (Wildman–Crippen LogP) is 3.24. The molecule has 0 aromatic heterocycles. The lowest BCUT2D eigenvalue weighted by Gasteiger charge is -1.98. The smallest absolute Gasteiger partial charge is 0.0202 e. The van der Waals surface area contributed by atoms with Crippen LogP contribution < -0.4 is 0 Å². The first kappa shape index (κ1) is 7.79. The Morgan fingerprint density at radius 2 is 2.20 bits per heavy atom. The number of halogens is 1. The van der Waals surface area contributed by atoms with Gasteiger partial charge >= 0.3 is 0 Å². The molecule has 0 heterocycles. The van der Waals surface area contributed by atoms with Crippen molar-refractivity contribution in [3.8, 4) is 0 Å². The van der Waals surface area contributed by atoms with E-state index in [-0.39, 0.29) is 0 Å². The molecule has 0 N–H and O–H groups in total. The van der Waals surface area contributed by atoms with Crippen molar-refractivity contribution >= 4 is 28.7 Å². The summed E-state index contributed by atoms with van der Waals surface area (Å²) in [5, 5.41) is 0. The molecule has 1 aromatic carbocycles. The Morgan fingerprint density at radius 1 is 1.50 bits per heavy atom. The van der Waals surface area contributed by atoms with E-state index in [1.54, 1.807) is 0 Å². The lowest BCUT2D eigenvalue weighted by molar-refractivity contribution is 1.44. The number of hydrogen-bond acceptors (Lipinski definition) is 0. The molecule has 0 aliphatic rings. The van der Waals surface area contributed by atoms with Gasteiger partial charge < -0.3 is 0 Å². The fourth-order valence-electron chi connectivity index (χ4n) is 0.820. The first-order valence-corrected chi connectivity index (χ1v) is 4.20. The third-order valence-electron chi connectivity index (χ3n) is 1.37. The summed E-state index contributed by atoms with van der Waals surface area (Å²) in [5.74, 6) is 0. The van der Waals surface area contributed by atoms with Crippen LogP contribution in [-0.4, -0.2) is 0 Å². The maximum absolute atomic E-state index is 3.73. The third kappa shape index (κ3) is 1.59. The van der Waals surface area contributed by atoms with Gasteiger partial charge in [-0.1, -0.05) is 30.4 Å². The molecular formula is C9H9I. The van der Waals surface area contributed by atoms with Gasteiger partial charge in [0.25, 0.3) is 0 Å². The molecule has 1 heteroatoms. The molecule has 1 rings (SSSR count). The first-order valence-electron chi connectivity index (χ1n) is 3.12. The molecule has 0 amide bonds. The van der Waals surface area contributed by atoms with E-state index in [2.05, 4.69) is 54.3 Å². The second-order valence-electron chi connectivity index (χ2n) is 2.23. The van der Waals surface area contributed by atoms with Gasteiger partial charge in [0, 0.05) is 3.57 Å². The van der Waals surface area contributed by atoms with Gasteiger partial charge in [-0.3, -0.25) is 0 Å². The third-order valence-corrected chi connectivity index (χ3v) is 2.35. The van der Waals surface area contributed by atoms with Gasteiger partial charge in [-0.05, 0) is 41.1 Å². The largest absolute Gasteiger partial charge is 0.0984 e. The van der Waals surface area contributed by atoms with Crippen molar-refractivity contribution in [1.82, 2.24) is 0 Å². The lowest BCUT2D eigenvalue weighted by atomic mass is 10.1. The van der Waals surface area contributed by atoms with Crippen molar-refractivity contribution < 1.29 is 0 Å². The van der Waals surface area contributed by atoms with Crippen LogP contribution in [0.3, 0.4) is 0 Å². The Labute approximate surface area is 75.1 Å². The summed E-state index contributed by atoms with van der Waals surface area (Å²) in [4.78, 5) is 0. The Kier molecular flexibility index (Phi) is 2.49. The van der Waals surface area contributed by atoms with Crippen LogP contribution in [0.1, 0.15) is 11.1 Å². The van der Waals surface area contributed by atoms with Crippen molar-refractivity contribution in [2.24, 2.45) is 0 Å². The molecule has 10 heavy (non-hydrogen) atoms. The van der Waals surface area contributed by atoms with E-state index in [0.29, 0.717) is 0 Å². The van der Waals surface area contributed by atoms with Crippen LogP contribution in [-0.2, 0) is 0 Å². The molecule has 1 aromatic rings. The van der Waals surface area contributed by atoms with Gasteiger partial charge in [0.05, 0.1) is 0 Å². The van der Waals surface area contributed by atoms with E-state index in [1.807, 2.05) is 6.08 Å². The normalized spacial score (nSPS) is 9.40. The van der Waals surface area contributed by atoms with Crippen molar-refractivity contribution in [2.45, 2.75) is 6.92 Å². The van der Waals surface area contributed by atoms with E-state index in [4.69, 9.17) is 0 Å². The molecule has 0 radical (unpaired) electrons. The number of aryl methyl sites for hydroxylation is 1. The minimum Gasteiger partial charge on any atom is -0.0984 e. The molecule has 0 saturated carbocycles. The molecule has 0 saturated heterocycles. The maximum Gasteiger partial charge on any atom is 0.0202 e. The average Bonchev–Trinajstić information content (AvgIpc) is 1.94. The molecule has 0 bridgehead atoms. The van der Waals surface area contributed by atoms with Gasteiger partial charge in [-0.15, -0.1) is 0 Å². The minimum absolute atomic E-state index is 1.22. The second kappa shape index (κ2) is 3.19. The Bertz CT molecular complexity index is 251. The zero-order valence-corrected chi connectivity index (χ0v) is 8.05. The van der Waals surface area contributed by atoms with E-state index < -0.39 is 0 Å². The summed E-state index contributed by atoms with van der Waals surface area (Å²) in [6.45, 7) is 5.81. The number of hydrogen-bond donors (Lipinski definition) is 0. The molecule has 0 nitrogen and oxygen atoms in total. The molecule has 0 aliphatic carbocycles. The van der Waals surface area contributed by atoms with Crippen molar-refractivity contribution in [1.29, 1.82) is 0 Å². The molecular weight excluding hydrogens is 235 g/mol. The maximum atomic E-state index is 3.73. The van der Waals surface area contributed by atoms with Gasteiger partial charge in [-0.25, -0.2) is 0 Å². The molecule has 0 atom stereocenters. The fourth-order valence-corrected chi connectivity index (χ4v) is 1.38. The van der Waals surface area contributed by atoms with Crippen molar-refractivity contribution in [2.75, 3.05) is 0 Å². The fraction of sp³-hybridized carbons (Fsp3) is 0.111. The van der Waals surface area contributed by atoms with Crippen LogP contribution in [0.15, 0.2) is 24.8 Å². The minimum atomic E-state index is 1.22. The monoisotopic (exact) mass is 244 g/mol. The zero-order valence-electron chi connectivity index (χ0n) is 5.89. The van der Waals surface area contributed by atoms with Crippen LogP contribution in [0.2, 0.25) is 0 Å². The summed E-state index contributed by atoms with van der Waals surface area (Å²) in [6, 6.07) is 6.34. The van der Waals surface area contributed by atoms with Crippen molar-refractivity contribution in [3.05, 3.63) is 39.5 Å². The Hall–Kier alpha value is -0.310. The standard InChI is InChI=1S/C9H9I/c1-3-8-6-7(2)4-5-9(8)10/h3-6H,1H2,2H3. The highest BCUT2D eigenvalue weighted by Gasteiger charge is 1.92. The lowest BCUT2D eigenvalue weighted by Crippen LogP contribution is -1.79. The highest BCUT2D eigenvalue weighted by Crippen LogP contribution is 2.14. The van der Waals surface area contributed by atoms with Crippen molar-refractivity contribution in [3.63, 3.8) is 0 Å². The van der Waals surface area contributed by atoms with Gasteiger partial charge in [0.1, 0.15) is 0 Å². The van der Waals surface area contributed by atoms with E-state index >= 15 is 0 Å². The van der Waals surface area contributed by atoms with Crippen LogP contribution in [0, 0.1) is 10.5 Å². The zero-order chi connectivity index (χ0) is 7.56. The Balaban J connectivity index is 3.21. The average molecular weight is 244 g/mol. The second-order valence-corrected chi connectivity index (χ2v) is 3.39. The van der Waals surface area contributed by atoms with E-state index in [1.165, 1.54) is 14.7 Å². The van der Waals surface area contributed by atoms with E-state index in [0.717, 1.165) is 0 Å². The predicted molar refractivity (Wildman–Crippen MR) is 54.0 cm³/mol. The Morgan fingerprint density at radius 3 is 2.70 bits per heavy atom. The highest BCUT2D eigenvalue weighted by molar-refractivity contribution is 14.1. The van der Waals surface area contributed by atoms with Gasteiger partial charge in [-0.2, -0.15) is 0 Å². The summed E-state index contributed by atoms with van der Waals surface area (Å²) in [6.07, 6.45) is 1.88. The highest BCUT2D eigenvalue weighted by atomic mass is 127. The number of benzene rings is 1. The summed E-state index contributed by atoms with van der Waals surface area (Å²) < 4.78 is 1.26. The van der Waals surface area contributed by atoms with E-state index in [9.17, 15) is 0 Å². The number of rotatable bonds is 1. The SMILES string of the molecule is C=Cc1cc(C)ccc1I. The molecule has 0 unspecified atom stereocenters. The van der Waals surface area contributed by atoms with Crippen LogP contribution >= 0.6 is 22.6 Å². The topological polar surface area (TPSA) is 0 Å². The molecule has 0 aliphatic heterocycles. The molecule has 0 spiro atoms. The first-order chi connectivity index (χ1) is 4.74. The summed E-state index contributed by atoms with van der Waals surface area (Å²) in [5.41, 5.74) is 2.51. The summed E-state index contributed by atoms with van der Waals surface area (Å²) >= 11 is 2.31. The van der Waals surface area contributed by atoms with Gasteiger partial charge in [0.15, 0.2) is 0 Å². The van der Waals surface area contributed by atoms with Crippen LogP contribution in [0.4, 0.5) is 0 Å².